The number of aromatic carboxylic acids is 1. The van der Waals surface area contributed by atoms with Gasteiger partial charge in [0.1, 0.15) is 11.5 Å². The highest BCUT2D eigenvalue weighted by Gasteiger charge is 2.16. The van der Waals surface area contributed by atoms with E-state index in [0.717, 1.165) is 5.56 Å². The lowest BCUT2D eigenvalue weighted by Gasteiger charge is -2.02. The number of aromatic nitrogens is 2. The molecule has 0 aliphatic carbocycles. The molecule has 1 aromatic heterocycles. The average Bonchev–Trinajstić information content (AvgIpc) is 2.60. The van der Waals surface area contributed by atoms with Gasteiger partial charge in [-0.1, -0.05) is 12.1 Å². The zero-order valence-corrected chi connectivity index (χ0v) is 9.44. The van der Waals surface area contributed by atoms with Crippen molar-refractivity contribution in [2.75, 3.05) is 0 Å². The lowest BCUT2D eigenvalue weighted by atomic mass is 10.1. The summed E-state index contributed by atoms with van der Waals surface area (Å²) < 4.78 is 14.9. The second-order valence-corrected chi connectivity index (χ2v) is 3.78. The Morgan fingerprint density at radius 3 is 2.71 bits per heavy atom. The third kappa shape index (κ3) is 1.91. The predicted octanol–water partition coefficient (Wildman–Crippen LogP) is 2.23. The highest BCUT2D eigenvalue weighted by molar-refractivity contribution is 5.87. The molecule has 0 aliphatic rings. The van der Waals surface area contributed by atoms with Crippen molar-refractivity contribution < 1.29 is 14.3 Å². The molecule has 17 heavy (non-hydrogen) atoms. The highest BCUT2D eigenvalue weighted by Crippen LogP contribution is 2.25. The van der Waals surface area contributed by atoms with Crippen LogP contribution in [0, 0.1) is 12.7 Å². The maximum absolute atomic E-state index is 13.7. The molecular weight excluding hydrogens is 223 g/mol. The van der Waals surface area contributed by atoms with E-state index in [9.17, 15) is 9.18 Å². The topological polar surface area (TPSA) is 55.1 Å². The van der Waals surface area contributed by atoms with Gasteiger partial charge < -0.3 is 5.11 Å². The van der Waals surface area contributed by atoms with Gasteiger partial charge in [-0.3, -0.25) is 4.68 Å². The number of carbonyl (C=O) groups is 1. The molecule has 1 aromatic carbocycles. The Labute approximate surface area is 97.3 Å². The molecule has 4 nitrogen and oxygen atoms in total. The molecule has 0 bridgehead atoms. The summed E-state index contributed by atoms with van der Waals surface area (Å²) in [7, 11) is 1.52. The second kappa shape index (κ2) is 4.01. The van der Waals surface area contributed by atoms with E-state index in [0.29, 0.717) is 11.3 Å². The molecule has 1 heterocycles. The molecule has 0 unspecified atom stereocenters. The molecule has 0 amide bonds. The standard InChI is InChI=1S/C12H11FN2O2/c1-7-4-3-5-8(13)11(7)9-6-10(12(16)17)15(2)14-9/h3-6H,1-2H3,(H,16,17). The summed E-state index contributed by atoms with van der Waals surface area (Å²) in [5.74, 6) is -1.49. The minimum atomic E-state index is -1.08. The number of hydrogen-bond acceptors (Lipinski definition) is 2. The van der Waals surface area contributed by atoms with Crippen molar-refractivity contribution in [2.24, 2.45) is 7.05 Å². The number of carboxylic acid groups (broad SMARTS) is 1. The lowest BCUT2D eigenvalue weighted by molar-refractivity contribution is 0.0685. The molecule has 0 saturated carbocycles. The van der Waals surface area contributed by atoms with Crippen LogP contribution in [-0.4, -0.2) is 20.9 Å². The SMILES string of the molecule is Cc1cccc(F)c1-c1cc(C(=O)O)n(C)n1. The lowest BCUT2D eigenvalue weighted by Crippen LogP contribution is -2.04. The maximum Gasteiger partial charge on any atom is 0.354 e. The van der Waals surface area contributed by atoms with E-state index in [1.165, 1.54) is 23.9 Å². The van der Waals surface area contributed by atoms with Gasteiger partial charge in [-0.2, -0.15) is 5.10 Å². The first-order valence-electron chi connectivity index (χ1n) is 5.03. The van der Waals surface area contributed by atoms with Crippen molar-refractivity contribution in [1.29, 1.82) is 0 Å². The molecule has 0 atom stereocenters. The van der Waals surface area contributed by atoms with E-state index in [2.05, 4.69) is 5.10 Å². The molecule has 0 saturated heterocycles. The number of halogens is 1. The largest absolute Gasteiger partial charge is 0.477 e. The minimum absolute atomic E-state index is 0.0302. The van der Waals surface area contributed by atoms with Crippen LogP contribution in [0.4, 0.5) is 4.39 Å². The van der Waals surface area contributed by atoms with Gasteiger partial charge in [-0.05, 0) is 24.6 Å². The van der Waals surface area contributed by atoms with Crippen LogP contribution in [-0.2, 0) is 7.05 Å². The summed E-state index contributed by atoms with van der Waals surface area (Å²) in [6, 6.07) is 6.06. The van der Waals surface area contributed by atoms with E-state index in [1.54, 1.807) is 19.1 Å². The molecule has 0 aliphatic heterocycles. The van der Waals surface area contributed by atoms with Crippen LogP contribution in [0.1, 0.15) is 16.1 Å². The predicted molar refractivity (Wildman–Crippen MR) is 60.3 cm³/mol. The number of aryl methyl sites for hydroxylation is 2. The normalized spacial score (nSPS) is 10.5. The third-order valence-electron chi connectivity index (χ3n) is 2.58. The molecule has 0 radical (unpaired) electrons. The monoisotopic (exact) mass is 234 g/mol. The Morgan fingerprint density at radius 2 is 2.18 bits per heavy atom. The van der Waals surface area contributed by atoms with Gasteiger partial charge in [-0.25, -0.2) is 9.18 Å². The van der Waals surface area contributed by atoms with E-state index in [-0.39, 0.29) is 5.69 Å². The molecule has 2 aromatic rings. The fourth-order valence-corrected chi connectivity index (χ4v) is 1.75. The molecule has 0 spiro atoms. The van der Waals surface area contributed by atoms with Crippen molar-refractivity contribution in [2.45, 2.75) is 6.92 Å². The maximum atomic E-state index is 13.7. The third-order valence-corrected chi connectivity index (χ3v) is 2.58. The van der Waals surface area contributed by atoms with Gasteiger partial charge in [0.25, 0.3) is 0 Å². The Morgan fingerprint density at radius 1 is 1.47 bits per heavy atom. The molecular formula is C12H11FN2O2. The fraction of sp³-hybridized carbons (Fsp3) is 0.167. The minimum Gasteiger partial charge on any atom is -0.477 e. The summed E-state index contributed by atoms with van der Waals surface area (Å²) in [6.07, 6.45) is 0. The zero-order chi connectivity index (χ0) is 12.6. The van der Waals surface area contributed by atoms with Crippen LogP contribution in [0.25, 0.3) is 11.3 Å². The van der Waals surface area contributed by atoms with Gasteiger partial charge in [0.15, 0.2) is 0 Å². The van der Waals surface area contributed by atoms with Crippen molar-refractivity contribution >= 4 is 5.97 Å². The highest BCUT2D eigenvalue weighted by atomic mass is 19.1. The van der Waals surface area contributed by atoms with Crippen LogP contribution in [0.2, 0.25) is 0 Å². The molecule has 88 valence electrons. The Bertz CT molecular complexity index is 570. The summed E-state index contributed by atoms with van der Waals surface area (Å²) in [5.41, 5.74) is 1.43. The smallest absolute Gasteiger partial charge is 0.354 e. The first kappa shape index (κ1) is 11.3. The Balaban J connectivity index is 2.62. The first-order chi connectivity index (χ1) is 8.00. The van der Waals surface area contributed by atoms with Crippen LogP contribution in [0.3, 0.4) is 0 Å². The summed E-state index contributed by atoms with van der Waals surface area (Å²) >= 11 is 0. The summed E-state index contributed by atoms with van der Waals surface area (Å²) in [4.78, 5) is 10.9. The molecule has 5 heteroatoms. The summed E-state index contributed by atoms with van der Waals surface area (Å²) in [6.45, 7) is 1.76. The van der Waals surface area contributed by atoms with Crippen molar-refractivity contribution in [3.63, 3.8) is 0 Å². The zero-order valence-electron chi connectivity index (χ0n) is 9.44. The van der Waals surface area contributed by atoms with Gasteiger partial charge in [0.2, 0.25) is 0 Å². The number of carboxylic acids is 1. The first-order valence-corrected chi connectivity index (χ1v) is 5.03. The van der Waals surface area contributed by atoms with Gasteiger partial charge in [0, 0.05) is 12.6 Å². The van der Waals surface area contributed by atoms with Crippen LogP contribution < -0.4 is 0 Å². The van der Waals surface area contributed by atoms with Gasteiger partial charge in [0.05, 0.1) is 5.69 Å². The molecule has 0 fully saturated rings. The quantitative estimate of drug-likeness (QED) is 0.866. The van der Waals surface area contributed by atoms with E-state index in [4.69, 9.17) is 5.11 Å². The number of rotatable bonds is 2. The Hall–Kier alpha value is -2.17. The van der Waals surface area contributed by atoms with Crippen molar-refractivity contribution in [1.82, 2.24) is 9.78 Å². The fourth-order valence-electron chi connectivity index (χ4n) is 1.75. The van der Waals surface area contributed by atoms with E-state index < -0.39 is 11.8 Å². The van der Waals surface area contributed by atoms with Crippen LogP contribution in [0.5, 0.6) is 0 Å². The second-order valence-electron chi connectivity index (χ2n) is 3.78. The summed E-state index contributed by atoms with van der Waals surface area (Å²) in [5, 5.41) is 12.9. The molecule has 1 N–H and O–H groups in total. The van der Waals surface area contributed by atoms with E-state index >= 15 is 0 Å². The molecule has 2 rings (SSSR count). The van der Waals surface area contributed by atoms with Crippen LogP contribution >= 0.6 is 0 Å². The van der Waals surface area contributed by atoms with Crippen LogP contribution in [0.15, 0.2) is 24.3 Å². The van der Waals surface area contributed by atoms with Gasteiger partial charge in [-0.15, -0.1) is 0 Å². The van der Waals surface area contributed by atoms with Crippen molar-refractivity contribution in [3.8, 4) is 11.3 Å². The van der Waals surface area contributed by atoms with Crippen molar-refractivity contribution in [3.05, 3.63) is 41.3 Å². The van der Waals surface area contributed by atoms with E-state index in [1.807, 2.05) is 0 Å². The average molecular weight is 234 g/mol. The Kier molecular flexibility index (Phi) is 2.67. The number of hydrogen-bond donors (Lipinski definition) is 1. The number of nitrogens with zero attached hydrogens (tertiary/aromatic N) is 2. The van der Waals surface area contributed by atoms with Gasteiger partial charge >= 0.3 is 5.97 Å². The number of benzene rings is 1.